The molecule has 1 N–H and O–H groups in total. The van der Waals surface area contributed by atoms with E-state index in [1.54, 1.807) is 11.8 Å². The topological polar surface area (TPSA) is 89.4 Å². The summed E-state index contributed by atoms with van der Waals surface area (Å²) in [4.78, 5) is 35.7. The molecule has 38 heavy (non-hydrogen) atoms. The molecule has 4 rings (SSSR count). The van der Waals surface area contributed by atoms with Gasteiger partial charge in [-0.25, -0.2) is 23.1 Å². The Morgan fingerprint density at radius 3 is 2.50 bits per heavy atom. The molecule has 8 nitrogen and oxygen atoms in total. The van der Waals surface area contributed by atoms with Gasteiger partial charge in [-0.15, -0.1) is 0 Å². The van der Waals surface area contributed by atoms with Crippen LogP contribution in [0.25, 0.3) is 11.0 Å². The smallest absolute Gasteiger partial charge is 0.266 e. The molecular weight excluding hydrogens is 496 g/mol. The third-order valence-corrected chi connectivity index (χ3v) is 6.86. The van der Waals surface area contributed by atoms with E-state index in [2.05, 4.69) is 15.3 Å². The maximum Gasteiger partial charge on any atom is 0.266 e. The van der Waals surface area contributed by atoms with Crippen LogP contribution in [0, 0.1) is 5.82 Å². The summed E-state index contributed by atoms with van der Waals surface area (Å²) in [5.41, 5.74) is -2.54. The lowest BCUT2D eigenvalue weighted by atomic mass is 9.49. The number of benzene rings is 1. The van der Waals surface area contributed by atoms with Crippen molar-refractivity contribution < 1.29 is 22.7 Å². The van der Waals surface area contributed by atoms with Gasteiger partial charge >= 0.3 is 0 Å². The van der Waals surface area contributed by atoms with E-state index >= 15 is 0 Å². The van der Waals surface area contributed by atoms with Crippen LogP contribution in [0.2, 0.25) is 0 Å². The third-order valence-electron chi connectivity index (χ3n) is 6.86. The number of carbonyl (C=O) groups excluding carboxylic acids is 1. The molecule has 1 aliphatic heterocycles. The highest BCUT2D eigenvalue weighted by Gasteiger charge is 2.44. The molecule has 0 bridgehead atoms. The van der Waals surface area contributed by atoms with Gasteiger partial charge in [0, 0.05) is 32.6 Å². The number of aromatic nitrogens is 3. The molecule has 1 aliphatic rings. The second kappa shape index (κ2) is 10.1. The van der Waals surface area contributed by atoms with E-state index in [0.29, 0.717) is 13.0 Å². The molecule has 3 heterocycles. The van der Waals surface area contributed by atoms with Crippen molar-refractivity contribution in [2.24, 2.45) is 0 Å². The number of halogens is 3. The largest absolute Gasteiger partial charge is 0.371 e. The fourth-order valence-corrected chi connectivity index (χ4v) is 4.82. The second-order valence-corrected chi connectivity index (χ2v) is 9.35. The molecular formula is C24H23B3F3N5O3. The molecule has 3 aromatic rings. The van der Waals surface area contributed by atoms with Crippen molar-refractivity contribution in [3.8, 4) is 0 Å². The Labute approximate surface area is 221 Å². The van der Waals surface area contributed by atoms with Gasteiger partial charge in [-0.3, -0.25) is 9.59 Å². The number of fused-ring (bicyclic) bond motifs is 1. The minimum absolute atomic E-state index is 0.0183. The van der Waals surface area contributed by atoms with Gasteiger partial charge in [-0.1, -0.05) is 23.4 Å². The Hall–Kier alpha value is -3.28. The number of amides is 1. The number of hydrogen-bond acceptors (Lipinski definition) is 6. The number of alkyl halides is 2. The fraction of sp³-hybridized carbons (Fsp3) is 0.417. The van der Waals surface area contributed by atoms with E-state index in [9.17, 15) is 22.8 Å². The molecule has 1 amide bonds. The highest BCUT2D eigenvalue weighted by Crippen LogP contribution is 2.37. The normalized spacial score (nSPS) is 18.8. The number of rotatable bonds is 7. The third kappa shape index (κ3) is 4.81. The Balaban J connectivity index is 1.90. The van der Waals surface area contributed by atoms with Gasteiger partial charge in [0.1, 0.15) is 29.2 Å². The van der Waals surface area contributed by atoms with Crippen molar-refractivity contribution in [2.45, 2.75) is 43.6 Å². The second-order valence-electron chi connectivity index (χ2n) is 9.35. The summed E-state index contributed by atoms with van der Waals surface area (Å²) in [5.74, 6) is -1.10. The lowest BCUT2D eigenvalue weighted by Gasteiger charge is -2.32. The summed E-state index contributed by atoms with van der Waals surface area (Å²) in [5, 5.41) is 1.05. The van der Waals surface area contributed by atoms with E-state index in [4.69, 9.17) is 28.3 Å². The number of pyridine rings is 1. The molecule has 1 saturated heterocycles. The monoisotopic (exact) mass is 519 g/mol. The Bertz CT molecular complexity index is 1450. The van der Waals surface area contributed by atoms with Crippen molar-refractivity contribution in [1.29, 1.82) is 0 Å². The number of ether oxygens (including phenoxy) is 1. The molecule has 0 unspecified atom stereocenters. The number of likely N-dealkylation sites (tertiary alicyclic amines) is 1. The average molecular weight is 519 g/mol. The van der Waals surface area contributed by atoms with Crippen LogP contribution in [0.1, 0.15) is 49.4 Å². The summed E-state index contributed by atoms with van der Waals surface area (Å²) < 4.78 is 48.0. The minimum Gasteiger partial charge on any atom is -0.371 e. The van der Waals surface area contributed by atoms with E-state index in [1.165, 1.54) is 32.2 Å². The Morgan fingerprint density at radius 1 is 1.24 bits per heavy atom. The van der Waals surface area contributed by atoms with Gasteiger partial charge in [0.2, 0.25) is 5.91 Å². The Kier molecular flexibility index (Phi) is 7.39. The summed E-state index contributed by atoms with van der Waals surface area (Å²) in [6.07, 6.45) is -1.56. The first-order valence-electron chi connectivity index (χ1n) is 11.7. The van der Waals surface area contributed by atoms with Crippen molar-refractivity contribution in [3.05, 3.63) is 63.5 Å². The molecule has 6 radical (unpaired) electrons. The van der Waals surface area contributed by atoms with Crippen LogP contribution in [0.3, 0.4) is 0 Å². The first kappa shape index (κ1) is 27.8. The predicted molar refractivity (Wildman–Crippen MR) is 138 cm³/mol. The first-order chi connectivity index (χ1) is 17.8. The van der Waals surface area contributed by atoms with E-state index < -0.39 is 40.2 Å². The van der Waals surface area contributed by atoms with Gasteiger partial charge in [0.25, 0.3) is 12.0 Å². The number of hydrogen-bond donors (Lipinski definition) is 1. The summed E-state index contributed by atoms with van der Waals surface area (Å²) in [7, 11) is 19.3. The standard InChI is InChI=1S/C24H23B3F3N5O3/c1-12(14-5-4-6-15(18(14)28)19(29)30)33-20-16-9-17(23(38-3)7-8-34(10-23)13(2)36)22(37)35(24(25,26)27)21(16)32-11-31-20/h4-6,9,11-12,19H,7-8,10H2,1-3H3,(H,31,32,33)/t12-,23+/m1/s1. The maximum absolute atomic E-state index is 14.8. The molecule has 0 spiro atoms. The van der Waals surface area contributed by atoms with Crippen molar-refractivity contribution in [3.63, 3.8) is 0 Å². The summed E-state index contributed by atoms with van der Waals surface area (Å²) in [6.45, 7) is 3.40. The summed E-state index contributed by atoms with van der Waals surface area (Å²) >= 11 is 0. The highest BCUT2D eigenvalue weighted by atomic mass is 19.3. The SMILES string of the molecule is [B]C([B])([B])n1c(=O)c([C@]2(OC)CCN(C(C)=O)C2)cc2c(N[C@H](C)c3cccc(C(F)F)c3F)ncnc21. The van der Waals surface area contributed by atoms with Gasteiger partial charge in [0.05, 0.1) is 52.6 Å². The van der Waals surface area contributed by atoms with Crippen LogP contribution >= 0.6 is 0 Å². The minimum atomic E-state index is -2.99. The first-order valence-corrected chi connectivity index (χ1v) is 11.7. The van der Waals surface area contributed by atoms with Crippen molar-refractivity contribution in [1.82, 2.24) is 19.4 Å². The summed E-state index contributed by atoms with van der Waals surface area (Å²) in [6, 6.07) is 4.39. The number of nitrogens with zero attached hydrogens (tertiary/aromatic N) is 4. The van der Waals surface area contributed by atoms with E-state index in [-0.39, 0.29) is 40.4 Å². The quantitative estimate of drug-likeness (QED) is 0.483. The highest BCUT2D eigenvalue weighted by molar-refractivity contribution is 6.56. The van der Waals surface area contributed by atoms with Crippen LogP contribution in [-0.2, 0) is 20.4 Å². The molecule has 14 heteroatoms. The van der Waals surface area contributed by atoms with Crippen LogP contribution in [0.15, 0.2) is 35.4 Å². The zero-order chi connectivity index (χ0) is 28.0. The molecule has 1 fully saturated rings. The van der Waals surface area contributed by atoms with Crippen LogP contribution < -0.4 is 10.9 Å². The van der Waals surface area contributed by atoms with E-state index in [1.807, 2.05) is 0 Å². The molecule has 1 aromatic carbocycles. The van der Waals surface area contributed by atoms with Crippen molar-refractivity contribution >= 4 is 46.3 Å². The average Bonchev–Trinajstić information content (AvgIpc) is 3.29. The Morgan fingerprint density at radius 2 is 1.92 bits per heavy atom. The van der Waals surface area contributed by atoms with Crippen molar-refractivity contribution in [2.75, 3.05) is 25.5 Å². The molecule has 2 atom stereocenters. The van der Waals surface area contributed by atoms with Crippen LogP contribution in [0.5, 0.6) is 0 Å². The number of nitrogens with one attached hydrogen (secondary N) is 1. The zero-order valence-corrected chi connectivity index (χ0v) is 21.0. The zero-order valence-electron chi connectivity index (χ0n) is 21.0. The van der Waals surface area contributed by atoms with Crippen LogP contribution in [0.4, 0.5) is 19.0 Å². The fourth-order valence-electron chi connectivity index (χ4n) is 4.82. The lowest BCUT2D eigenvalue weighted by Crippen LogP contribution is -2.48. The van der Waals surface area contributed by atoms with Gasteiger partial charge in [-0.2, -0.15) is 0 Å². The van der Waals surface area contributed by atoms with Gasteiger partial charge in [0.15, 0.2) is 0 Å². The van der Waals surface area contributed by atoms with Crippen LogP contribution in [-0.4, -0.2) is 69.1 Å². The molecule has 2 aromatic heterocycles. The number of carbonyl (C=O) groups is 1. The number of methoxy groups -OCH3 is 1. The predicted octanol–water partition coefficient (Wildman–Crippen LogP) is 2.21. The van der Waals surface area contributed by atoms with Gasteiger partial charge in [-0.05, 0) is 13.0 Å². The molecule has 192 valence electrons. The molecule has 0 saturated carbocycles. The maximum atomic E-state index is 14.8. The lowest BCUT2D eigenvalue weighted by molar-refractivity contribution is -0.129. The molecule has 0 aliphatic carbocycles. The van der Waals surface area contributed by atoms with Gasteiger partial charge < -0.3 is 19.5 Å². The number of anilines is 1. The van der Waals surface area contributed by atoms with E-state index in [0.717, 1.165) is 17.0 Å².